The fourth-order valence-corrected chi connectivity index (χ4v) is 3.46. The minimum absolute atomic E-state index is 0. The Morgan fingerprint density at radius 1 is 1.07 bits per heavy atom. The molecule has 0 aliphatic carbocycles. The molecule has 1 amide bonds. The van der Waals surface area contributed by atoms with Crippen molar-refractivity contribution in [2.24, 2.45) is 0 Å². The predicted octanol–water partition coefficient (Wildman–Crippen LogP) is 1.11. The number of amides is 1. The van der Waals surface area contributed by atoms with Crippen LogP contribution >= 0.6 is 24.8 Å². The van der Waals surface area contributed by atoms with Gasteiger partial charge in [0.1, 0.15) is 6.04 Å². The number of pyridine rings is 1. The van der Waals surface area contributed by atoms with Gasteiger partial charge in [0, 0.05) is 37.7 Å². The molecule has 28 heavy (non-hydrogen) atoms. The number of likely N-dealkylation sites (tertiary alicyclic amines) is 1. The summed E-state index contributed by atoms with van der Waals surface area (Å²) in [6, 6.07) is 3.33. The first kappa shape index (κ1) is 24.4. The van der Waals surface area contributed by atoms with Crippen LogP contribution in [-0.4, -0.2) is 79.2 Å². The summed E-state index contributed by atoms with van der Waals surface area (Å²) in [5.74, 6) is -0.389. The maximum Gasteiger partial charge on any atom is 0.348 e. The van der Waals surface area contributed by atoms with E-state index in [-0.39, 0.29) is 30.8 Å². The second-order valence-corrected chi connectivity index (χ2v) is 6.73. The maximum absolute atomic E-state index is 12.5. The SMILES string of the molecule is Cl.Cl.O=CNC(CN1CCCCC1)C(=O)ON1CCN(c2ccncc2)CC1. The van der Waals surface area contributed by atoms with E-state index in [1.54, 1.807) is 17.5 Å². The van der Waals surface area contributed by atoms with Crippen LogP contribution in [0.3, 0.4) is 0 Å². The molecule has 0 radical (unpaired) electrons. The number of carbonyl (C=O) groups excluding carboxylic acids is 2. The van der Waals surface area contributed by atoms with Crippen molar-refractivity contribution >= 4 is 42.9 Å². The third kappa shape index (κ3) is 7.09. The molecule has 0 spiro atoms. The number of piperazine rings is 1. The number of hydroxylamine groups is 2. The molecule has 0 saturated carbocycles. The highest BCUT2D eigenvalue weighted by Crippen LogP contribution is 2.15. The van der Waals surface area contributed by atoms with Gasteiger partial charge in [-0.05, 0) is 38.1 Å². The van der Waals surface area contributed by atoms with Crippen molar-refractivity contribution in [2.75, 3.05) is 50.7 Å². The molecule has 10 heteroatoms. The number of halogens is 2. The zero-order valence-electron chi connectivity index (χ0n) is 15.9. The highest BCUT2D eigenvalue weighted by Gasteiger charge is 2.27. The molecule has 2 aliphatic heterocycles. The van der Waals surface area contributed by atoms with E-state index < -0.39 is 6.04 Å². The van der Waals surface area contributed by atoms with E-state index in [0.29, 0.717) is 26.0 Å². The topological polar surface area (TPSA) is 78.0 Å². The lowest BCUT2D eigenvalue weighted by Crippen LogP contribution is -2.52. The molecular weight excluding hydrogens is 405 g/mol. The Labute approximate surface area is 178 Å². The Bertz CT molecular complexity index is 582. The number of nitrogens with one attached hydrogen (secondary N) is 1. The van der Waals surface area contributed by atoms with E-state index in [1.807, 2.05) is 12.1 Å². The summed E-state index contributed by atoms with van der Waals surface area (Å²) in [7, 11) is 0. The van der Waals surface area contributed by atoms with Crippen LogP contribution in [0.15, 0.2) is 24.5 Å². The van der Waals surface area contributed by atoms with Crippen molar-refractivity contribution in [1.29, 1.82) is 0 Å². The van der Waals surface area contributed by atoms with Crippen molar-refractivity contribution < 1.29 is 14.4 Å². The van der Waals surface area contributed by atoms with E-state index in [0.717, 1.165) is 44.7 Å². The molecule has 1 aromatic rings. The summed E-state index contributed by atoms with van der Waals surface area (Å²) < 4.78 is 0. The smallest absolute Gasteiger partial charge is 0.348 e. The van der Waals surface area contributed by atoms with Crippen molar-refractivity contribution in [3.63, 3.8) is 0 Å². The van der Waals surface area contributed by atoms with Gasteiger partial charge in [0.2, 0.25) is 6.41 Å². The number of nitrogens with zero attached hydrogens (tertiary/aromatic N) is 4. The molecule has 2 fully saturated rings. The van der Waals surface area contributed by atoms with E-state index in [9.17, 15) is 9.59 Å². The molecular formula is C18H29Cl2N5O3. The van der Waals surface area contributed by atoms with Crippen molar-refractivity contribution in [3.05, 3.63) is 24.5 Å². The molecule has 1 aromatic heterocycles. The van der Waals surface area contributed by atoms with E-state index in [4.69, 9.17) is 4.84 Å². The van der Waals surface area contributed by atoms with Gasteiger partial charge in [-0.15, -0.1) is 29.9 Å². The molecule has 1 unspecified atom stereocenters. The van der Waals surface area contributed by atoms with Crippen LogP contribution in [0.1, 0.15) is 19.3 Å². The number of hydrogen-bond donors (Lipinski definition) is 1. The molecule has 1 N–H and O–H groups in total. The summed E-state index contributed by atoms with van der Waals surface area (Å²) in [5.41, 5.74) is 1.12. The standard InChI is InChI=1S/C18H27N5O3.2ClH/c24-15-20-17(14-21-8-2-1-3-9-21)18(25)26-23-12-10-22(11-13-23)16-4-6-19-7-5-16;;/h4-7,15,17H,1-3,8-14H2,(H,20,24);2*1H. The maximum atomic E-state index is 12.5. The molecule has 1 atom stereocenters. The van der Waals surface area contributed by atoms with Crippen LogP contribution in [-0.2, 0) is 14.4 Å². The Kier molecular flexibility index (Phi) is 11.1. The van der Waals surface area contributed by atoms with Gasteiger partial charge in [-0.3, -0.25) is 9.78 Å². The first-order valence-corrected chi connectivity index (χ1v) is 9.30. The molecule has 8 nitrogen and oxygen atoms in total. The van der Waals surface area contributed by atoms with Crippen molar-refractivity contribution in [3.8, 4) is 0 Å². The quantitative estimate of drug-likeness (QED) is 0.645. The fraction of sp³-hybridized carbons (Fsp3) is 0.611. The molecule has 2 saturated heterocycles. The Balaban J connectivity index is 0.00000196. The van der Waals surface area contributed by atoms with E-state index in [1.165, 1.54) is 6.42 Å². The zero-order valence-corrected chi connectivity index (χ0v) is 17.5. The summed E-state index contributed by atoms with van der Waals surface area (Å²) in [5, 5.41) is 4.30. The number of aromatic nitrogens is 1. The lowest BCUT2D eigenvalue weighted by atomic mass is 10.1. The first-order valence-electron chi connectivity index (χ1n) is 9.30. The van der Waals surface area contributed by atoms with Gasteiger partial charge in [-0.2, -0.15) is 0 Å². The first-order chi connectivity index (χ1) is 12.8. The van der Waals surface area contributed by atoms with Gasteiger partial charge < -0.3 is 20.0 Å². The Hall–Kier alpha value is -1.61. The van der Waals surface area contributed by atoms with E-state index >= 15 is 0 Å². The van der Waals surface area contributed by atoms with Gasteiger partial charge >= 0.3 is 5.97 Å². The molecule has 0 aromatic carbocycles. The van der Waals surface area contributed by atoms with Gasteiger partial charge in [-0.1, -0.05) is 6.42 Å². The second-order valence-electron chi connectivity index (χ2n) is 6.73. The third-order valence-corrected chi connectivity index (χ3v) is 4.93. The average Bonchev–Trinajstić information content (AvgIpc) is 2.70. The minimum atomic E-state index is -0.621. The van der Waals surface area contributed by atoms with Crippen LogP contribution in [0.25, 0.3) is 0 Å². The summed E-state index contributed by atoms with van der Waals surface area (Å²) >= 11 is 0. The van der Waals surface area contributed by atoms with Gasteiger partial charge in [0.05, 0.1) is 13.1 Å². The summed E-state index contributed by atoms with van der Waals surface area (Å²) in [6.07, 6.45) is 7.64. The lowest BCUT2D eigenvalue weighted by molar-refractivity contribution is -0.194. The van der Waals surface area contributed by atoms with Gasteiger partial charge in [0.15, 0.2) is 0 Å². The van der Waals surface area contributed by atoms with Crippen LogP contribution in [0.5, 0.6) is 0 Å². The molecule has 3 heterocycles. The minimum Gasteiger partial charge on any atom is -0.369 e. The Morgan fingerprint density at radius 3 is 2.32 bits per heavy atom. The fourth-order valence-electron chi connectivity index (χ4n) is 3.46. The van der Waals surface area contributed by atoms with Crippen LogP contribution in [0.4, 0.5) is 5.69 Å². The van der Waals surface area contributed by atoms with Gasteiger partial charge in [-0.25, -0.2) is 4.79 Å². The molecule has 0 bridgehead atoms. The predicted molar refractivity (Wildman–Crippen MR) is 112 cm³/mol. The monoisotopic (exact) mass is 433 g/mol. The molecule has 3 rings (SSSR count). The number of piperidine rings is 1. The third-order valence-electron chi connectivity index (χ3n) is 4.93. The zero-order chi connectivity index (χ0) is 18.2. The second kappa shape index (κ2) is 12.8. The van der Waals surface area contributed by atoms with Crippen LogP contribution in [0.2, 0.25) is 0 Å². The highest BCUT2D eigenvalue weighted by atomic mass is 35.5. The van der Waals surface area contributed by atoms with Crippen molar-refractivity contribution in [2.45, 2.75) is 25.3 Å². The summed E-state index contributed by atoms with van der Waals surface area (Å²) in [4.78, 5) is 37.4. The number of hydrogen-bond acceptors (Lipinski definition) is 7. The largest absolute Gasteiger partial charge is 0.369 e. The van der Waals surface area contributed by atoms with E-state index in [2.05, 4.69) is 20.1 Å². The number of rotatable bonds is 7. The van der Waals surface area contributed by atoms with Crippen molar-refractivity contribution in [1.82, 2.24) is 20.3 Å². The van der Waals surface area contributed by atoms with Crippen LogP contribution in [0, 0.1) is 0 Å². The Morgan fingerprint density at radius 2 is 1.71 bits per heavy atom. The number of carbonyl (C=O) groups is 2. The number of anilines is 1. The lowest BCUT2D eigenvalue weighted by Gasteiger charge is -2.35. The normalized spacial score (nSPS) is 18.9. The highest BCUT2D eigenvalue weighted by molar-refractivity contribution is 5.85. The summed E-state index contributed by atoms with van der Waals surface area (Å²) in [6.45, 7) is 5.25. The van der Waals surface area contributed by atoms with Crippen LogP contribution < -0.4 is 10.2 Å². The average molecular weight is 434 g/mol. The van der Waals surface area contributed by atoms with Gasteiger partial charge in [0.25, 0.3) is 0 Å². The molecule has 2 aliphatic rings. The molecule has 158 valence electrons.